The molecule has 0 saturated heterocycles. The molecule has 7 heteroatoms. The van der Waals surface area contributed by atoms with Gasteiger partial charge in [-0.3, -0.25) is 4.99 Å². The fourth-order valence-corrected chi connectivity index (χ4v) is 3.83. The van der Waals surface area contributed by atoms with E-state index < -0.39 is 17.9 Å². The van der Waals surface area contributed by atoms with Crippen molar-refractivity contribution in [1.82, 2.24) is 10.6 Å². The third-order valence-electron chi connectivity index (χ3n) is 6.00. The largest absolute Gasteiger partial charge is 0.416 e. The standard InChI is InChI=1S/C16H14F3N3.C9H13N.C5H12.C2H6/c1-20-14-11-7-3-5-9-13(11)21-15(22-14)10-6-2-4-8-12(10)16(17,18)19;1-8(10-2)9-6-4-3-5-7-9;1-3-5-4-2;1-2/h2-9,15,21H,1H3,(H,20,22);3-8,10H,1-2H3;3-5H2,1-2H3;1-2H3. The van der Waals surface area contributed by atoms with Crippen LogP contribution in [-0.2, 0) is 6.18 Å². The molecule has 0 aromatic heterocycles. The maximum absolute atomic E-state index is 13.2. The summed E-state index contributed by atoms with van der Waals surface area (Å²) in [5, 5.41) is 9.31. The van der Waals surface area contributed by atoms with Gasteiger partial charge in [-0.05, 0) is 37.7 Å². The van der Waals surface area contributed by atoms with Crippen molar-refractivity contribution >= 4 is 11.5 Å². The van der Waals surface area contributed by atoms with Crippen molar-refractivity contribution in [3.63, 3.8) is 0 Å². The number of alkyl halides is 3. The van der Waals surface area contributed by atoms with Crippen LogP contribution >= 0.6 is 0 Å². The summed E-state index contributed by atoms with van der Waals surface area (Å²) in [6.45, 7) is 10.6. The van der Waals surface area contributed by atoms with Crippen LogP contribution in [0.3, 0.4) is 0 Å². The SMILES string of the molecule is CC.CCCCC.CN=C1NC(c2ccccc2C(F)(F)F)Nc2ccccc21.CNC(C)c1ccccc1. The lowest BCUT2D eigenvalue weighted by atomic mass is 10.0. The van der Waals surface area contributed by atoms with Gasteiger partial charge in [0.15, 0.2) is 0 Å². The zero-order chi connectivity index (χ0) is 29.3. The van der Waals surface area contributed by atoms with Crippen LogP contribution in [0.25, 0.3) is 0 Å². The van der Waals surface area contributed by atoms with E-state index in [1.807, 2.05) is 51.2 Å². The maximum atomic E-state index is 13.2. The van der Waals surface area contributed by atoms with Gasteiger partial charge in [0.05, 0.1) is 5.56 Å². The molecule has 0 bridgehead atoms. The molecule has 3 aromatic carbocycles. The third-order valence-corrected chi connectivity index (χ3v) is 6.00. The van der Waals surface area contributed by atoms with E-state index in [1.165, 1.54) is 37.0 Å². The zero-order valence-electron chi connectivity index (χ0n) is 24.4. The van der Waals surface area contributed by atoms with Gasteiger partial charge in [-0.15, -0.1) is 0 Å². The number of halogens is 3. The number of benzene rings is 3. The van der Waals surface area contributed by atoms with Gasteiger partial charge in [0, 0.05) is 29.9 Å². The van der Waals surface area contributed by atoms with Gasteiger partial charge in [-0.2, -0.15) is 13.2 Å². The molecule has 214 valence electrons. The monoisotopic (exact) mass is 542 g/mol. The van der Waals surface area contributed by atoms with Crippen LogP contribution < -0.4 is 16.0 Å². The second kappa shape index (κ2) is 18.1. The molecule has 0 saturated carbocycles. The molecule has 3 N–H and O–H groups in total. The van der Waals surface area contributed by atoms with Gasteiger partial charge in [-0.1, -0.05) is 108 Å². The highest BCUT2D eigenvalue weighted by Crippen LogP contribution is 2.36. The number of nitrogens with one attached hydrogen (secondary N) is 3. The minimum absolute atomic E-state index is 0.144. The Balaban J connectivity index is 0.000000371. The number of rotatable bonds is 5. The number of unbranched alkanes of at least 4 members (excludes halogenated alkanes) is 2. The first kappa shape index (κ1) is 33.7. The van der Waals surface area contributed by atoms with Crippen molar-refractivity contribution in [2.75, 3.05) is 19.4 Å². The van der Waals surface area contributed by atoms with E-state index in [0.29, 0.717) is 11.9 Å². The predicted molar refractivity (Wildman–Crippen MR) is 160 cm³/mol. The number of amidine groups is 1. The van der Waals surface area contributed by atoms with Crippen molar-refractivity contribution in [3.8, 4) is 0 Å². The van der Waals surface area contributed by atoms with E-state index in [9.17, 15) is 13.2 Å². The second-order valence-electron chi connectivity index (χ2n) is 8.70. The molecule has 1 aliphatic rings. The number of nitrogens with zero attached hydrogens (tertiary/aromatic N) is 1. The minimum Gasteiger partial charge on any atom is -0.361 e. The van der Waals surface area contributed by atoms with Crippen molar-refractivity contribution < 1.29 is 13.2 Å². The van der Waals surface area contributed by atoms with Crippen LogP contribution in [0.4, 0.5) is 18.9 Å². The van der Waals surface area contributed by atoms with Crippen molar-refractivity contribution in [1.29, 1.82) is 0 Å². The van der Waals surface area contributed by atoms with Gasteiger partial charge < -0.3 is 16.0 Å². The number of hydrogen-bond acceptors (Lipinski definition) is 3. The smallest absolute Gasteiger partial charge is 0.361 e. The Labute approximate surface area is 233 Å². The Kier molecular flexibility index (Phi) is 15.6. The summed E-state index contributed by atoms with van der Waals surface area (Å²) < 4.78 is 39.6. The topological polar surface area (TPSA) is 48.5 Å². The molecule has 39 heavy (non-hydrogen) atoms. The van der Waals surface area contributed by atoms with Gasteiger partial charge in [0.25, 0.3) is 0 Å². The molecule has 1 aliphatic heterocycles. The first-order valence-corrected chi connectivity index (χ1v) is 13.7. The molecule has 0 amide bonds. The van der Waals surface area contributed by atoms with Crippen molar-refractivity contribution in [2.24, 2.45) is 4.99 Å². The molecule has 2 atom stereocenters. The molecule has 1 heterocycles. The van der Waals surface area contributed by atoms with Crippen LogP contribution in [0.5, 0.6) is 0 Å². The Morgan fingerprint density at radius 1 is 0.846 bits per heavy atom. The van der Waals surface area contributed by atoms with Gasteiger partial charge in [0.1, 0.15) is 12.0 Å². The van der Waals surface area contributed by atoms with E-state index in [0.717, 1.165) is 17.3 Å². The average Bonchev–Trinajstić information content (AvgIpc) is 2.98. The van der Waals surface area contributed by atoms with Crippen LogP contribution in [0, 0.1) is 0 Å². The van der Waals surface area contributed by atoms with Crippen LogP contribution in [0.1, 0.15) is 88.3 Å². The summed E-state index contributed by atoms with van der Waals surface area (Å²) in [5.74, 6) is 0.566. The van der Waals surface area contributed by atoms with Crippen molar-refractivity contribution in [2.45, 2.75) is 72.3 Å². The maximum Gasteiger partial charge on any atom is 0.416 e. The van der Waals surface area contributed by atoms with Gasteiger partial charge in [0.2, 0.25) is 0 Å². The van der Waals surface area contributed by atoms with E-state index in [1.54, 1.807) is 13.1 Å². The van der Waals surface area contributed by atoms with Crippen LogP contribution in [0.15, 0.2) is 83.9 Å². The summed E-state index contributed by atoms with van der Waals surface area (Å²) in [4.78, 5) is 4.14. The summed E-state index contributed by atoms with van der Waals surface area (Å²) in [5.41, 5.74) is 2.42. The van der Waals surface area contributed by atoms with E-state index in [2.05, 4.69) is 66.0 Å². The highest BCUT2D eigenvalue weighted by molar-refractivity contribution is 6.05. The van der Waals surface area contributed by atoms with Gasteiger partial charge in [-0.25, -0.2) is 0 Å². The fraction of sp³-hybridized carbons (Fsp3) is 0.406. The molecule has 4 rings (SSSR count). The molecular weight excluding hydrogens is 497 g/mol. The van der Waals surface area contributed by atoms with Crippen LogP contribution in [-0.4, -0.2) is 19.9 Å². The highest BCUT2D eigenvalue weighted by atomic mass is 19.4. The lowest BCUT2D eigenvalue weighted by Gasteiger charge is -2.31. The lowest BCUT2D eigenvalue weighted by Crippen LogP contribution is -2.39. The van der Waals surface area contributed by atoms with E-state index >= 15 is 0 Å². The quantitative estimate of drug-likeness (QED) is 0.302. The number of aliphatic imine (C=N–C) groups is 1. The number of para-hydroxylation sites is 1. The Morgan fingerprint density at radius 2 is 1.41 bits per heavy atom. The van der Waals surface area contributed by atoms with Crippen molar-refractivity contribution in [3.05, 3.63) is 101 Å². The number of hydrogen-bond donors (Lipinski definition) is 3. The summed E-state index contributed by atoms with van der Waals surface area (Å²) in [7, 11) is 3.58. The molecule has 0 spiro atoms. The highest BCUT2D eigenvalue weighted by Gasteiger charge is 2.36. The molecular formula is C32H45F3N4. The minimum atomic E-state index is -4.40. The first-order valence-electron chi connectivity index (χ1n) is 13.7. The molecule has 4 nitrogen and oxygen atoms in total. The molecule has 3 aromatic rings. The van der Waals surface area contributed by atoms with Gasteiger partial charge >= 0.3 is 6.18 Å². The Hall–Kier alpha value is -3.32. The molecule has 0 radical (unpaired) electrons. The second-order valence-corrected chi connectivity index (χ2v) is 8.70. The molecule has 0 fully saturated rings. The summed E-state index contributed by atoms with van der Waals surface area (Å²) in [6, 6.07) is 23.8. The number of fused-ring (bicyclic) bond motifs is 1. The lowest BCUT2D eigenvalue weighted by molar-refractivity contribution is -0.138. The number of anilines is 1. The average molecular weight is 543 g/mol. The fourth-order valence-electron chi connectivity index (χ4n) is 3.83. The Bertz CT molecular complexity index is 1100. The molecule has 0 aliphatic carbocycles. The summed E-state index contributed by atoms with van der Waals surface area (Å²) >= 11 is 0. The zero-order valence-corrected chi connectivity index (χ0v) is 24.4. The third kappa shape index (κ3) is 10.8. The first-order chi connectivity index (χ1) is 18.8. The van der Waals surface area contributed by atoms with E-state index in [4.69, 9.17) is 0 Å². The molecule has 2 unspecified atom stereocenters. The van der Waals surface area contributed by atoms with E-state index in [-0.39, 0.29) is 5.56 Å². The predicted octanol–water partition coefficient (Wildman–Crippen LogP) is 8.99. The normalized spacial score (nSPS) is 15.4. The van der Waals surface area contributed by atoms with Crippen LogP contribution in [0.2, 0.25) is 0 Å². The summed E-state index contributed by atoms with van der Waals surface area (Å²) in [6.07, 6.45) is -1.01. The Morgan fingerprint density at radius 3 is 1.95 bits per heavy atom.